The maximum atomic E-state index is 10.8. The summed E-state index contributed by atoms with van der Waals surface area (Å²) in [5.41, 5.74) is 5.49. The summed E-state index contributed by atoms with van der Waals surface area (Å²) in [7, 11) is -1.69. The molecule has 3 aliphatic rings. The summed E-state index contributed by atoms with van der Waals surface area (Å²) >= 11 is 1.53. The SMILES string of the molecule is CCC[Si]1(C)C2=C(O)c3c(ccc(C4=CC=CC4)c31)[CH]2[Zr+2].[Cl-].[Cl-]. The molecule has 1 aromatic carbocycles. The van der Waals surface area contributed by atoms with Crippen LogP contribution in [0.2, 0.25) is 12.6 Å². The zero-order chi connectivity index (χ0) is 14.8. The predicted molar refractivity (Wildman–Crippen MR) is 86.8 cm³/mol. The molecule has 4 rings (SSSR count). The first-order chi connectivity index (χ1) is 10.1. The molecule has 0 radical (unpaired) electrons. The quantitative estimate of drug-likeness (QED) is 0.547. The Morgan fingerprint density at radius 3 is 2.65 bits per heavy atom. The van der Waals surface area contributed by atoms with Gasteiger partial charge in [-0.15, -0.1) is 0 Å². The van der Waals surface area contributed by atoms with Gasteiger partial charge in [0.2, 0.25) is 0 Å². The van der Waals surface area contributed by atoms with E-state index in [1.54, 1.807) is 5.19 Å². The topological polar surface area (TPSA) is 20.2 Å². The minimum absolute atomic E-state index is 0. The summed E-state index contributed by atoms with van der Waals surface area (Å²) in [6, 6.07) is 5.87. The first-order valence-corrected chi connectivity index (χ1v) is 11.9. The van der Waals surface area contributed by atoms with Crippen LogP contribution < -0.4 is 30.0 Å². The normalized spacial score (nSPS) is 26.3. The average molecular weight is 442 g/mol. The maximum Gasteiger partial charge on any atom is -1.00 e. The van der Waals surface area contributed by atoms with Crippen LogP contribution in [-0.4, -0.2) is 13.2 Å². The first-order valence-electron chi connectivity index (χ1n) is 7.78. The van der Waals surface area contributed by atoms with Gasteiger partial charge in [0.25, 0.3) is 0 Å². The number of hydrogen-bond donors (Lipinski definition) is 1. The Morgan fingerprint density at radius 1 is 1.30 bits per heavy atom. The molecule has 1 heterocycles. The summed E-state index contributed by atoms with van der Waals surface area (Å²) in [6.07, 6.45) is 8.90. The number of allylic oxidation sites excluding steroid dienone is 5. The smallest absolute Gasteiger partial charge is 1.00 e. The van der Waals surface area contributed by atoms with Crippen LogP contribution >= 0.6 is 0 Å². The zero-order valence-electron chi connectivity index (χ0n) is 13.3. The number of aliphatic hydroxyl groups excluding tert-OH is 1. The number of rotatable bonds is 3. The van der Waals surface area contributed by atoms with E-state index in [0.29, 0.717) is 9.38 Å². The molecule has 0 spiro atoms. The minimum atomic E-state index is -1.69. The van der Waals surface area contributed by atoms with E-state index in [2.05, 4.69) is 43.8 Å². The average Bonchev–Trinajstić information content (AvgIpc) is 3.11. The van der Waals surface area contributed by atoms with Gasteiger partial charge in [0.1, 0.15) is 0 Å². The van der Waals surface area contributed by atoms with Crippen molar-refractivity contribution in [1.82, 2.24) is 0 Å². The fourth-order valence-electron chi connectivity index (χ4n) is 4.50. The van der Waals surface area contributed by atoms with Gasteiger partial charge in [-0.1, -0.05) is 0 Å². The molecule has 1 aromatic rings. The third-order valence-corrected chi connectivity index (χ3v) is 12.4. The molecular formula is C18H19Cl2OSiZr. The summed E-state index contributed by atoms with van der Waals surface area (Å²) in [5.74, 6) is 0.665. The Bertz CT molecular complexity index is 754. The molecule has 5 heteroatoms. The number of benzene rings is 1. The van der Waals surface area contributed by atoms with Gasteiger partial charge in [-0.2, -0.15) is 0 Å². The van der Waals surface area contributed by atoms with E-state index in [4.69, 9.17) is 0 Å². The van der Waals surface area contributed by atoms with Crippen LogP contribution in [0, 0.1) is 0 Å². The molecule has 1 nitrogen and oxygen atoms in total. The summed E-state index contributed by atoms with van der Waals surface area (Å²) in [4.78, 5) is 0. The second-order valence-corrected chi connectivity index (χ2v) is 12.2. The Balaban J connectivity index is 0.000000960. The summed E-state index contributed by atoms with van der Waals surface area (Å²) in [5, 5.41) is 13.8. The van der Waals surface area contributed by atoms with Crippen molar-refractivity contribution in [3.05, 3.63) is 52.2 Å². The van der Waals surface area contributed by atoms with Crippen LogP contribution in [0.3, 0.4) is 0 Å². The second kappa shape index (κ2) is 6.67. The van der Waals surface area contributed by atoms with Crippen LogP contribution in [0.4, 0.5) is 0 Å². The third kappa shape index (κ3) is 2.42. The second-order valence-electron chi connectivity index (χ2n) is 6.55. The minimum Gasteiger partial charge on any atom is -1.00 e. The van der Waals surface area contributed by atoms with Crippen molar-refractivity contribution < 1.29 is 54.6 Å². The monoisotopic (exact) mass is 439 g/mol. The molecule has 2 bridgehead atoms. The maximum absolute atomic E-state index is 10.8. The van der Waals surface area contributed by atoms with Crippen LogP contribution in [0.25, 0.3) is 11.3 Å². The van der Waals surface area contributed by atoms with Gasteiger partial charge in [0.05, 0.1) is 0 Å². The van der Waals surface area contributed by atoms with Gasteiger partial charge in [-0.3, -0.25) is 0 Å². The molecular weight excluding hydrogens is 422 g/mol. The Labute approximate surface area is 166 Å². The van der Waals surface area contributed by atoms with Gasteiger partial charge in [-0.25, -0.2) is 0 Å². The van der Waals surface area contributed by atoms with Gasteiger partial charge in [-0.05, 0) is 0 Å². The van der Waals surface area contributed by atoms with E-state index < -0.39 is 8.07 Å². The van der Waals surface area contributed by atoms with Crippen LogP contribution in [0.5, 0.6) is 0 Å². The molecule has 2 aliphatic carbocycles. The van der Waals surface area contributed by atoms with Crippen molar-refractivity contribution in [3.8, 4) is 0 Å². The molecule has 0 saturated heterocycles. The summed E-state index contributed by atoms with van der Waals surface area (Å²) < 4.78 is 0.521. The van der Waals surface area contributed by atoms with E-state index in [0.717, 1.165) is 6.42 Å². The first kappa shape index (κ1) is 19.2. The molecule has 0 aromatic heterocycles. The molecule has 119 valence electrons. The molecule has 1 aliphatic heterocycles. The van der Waals surface area contributed by atoms with E-state index in [-0.39, 0.29) is 24.8 Å². The molecule has 2 unspecified atom stereocenters. The van der Waals surface area contributed by atoms with E-state index in [1.807, 2.05) is 0 Å². The van der Waals surface area contributed by atoms with Gasteiger partial charge < -0.3 is 24.8 Å². The Kier molecular flexibility index (Phi) is 5.58. The zero-order valence-corrected chi connectivity index (χ0v) is 18.3. The largest absolute Gasteiger partial charge is 1.00 e. The molecule has 23 heavy (non-hydrogen) atoms. The molecule has 2 atom stereocenters. The Morgan fingerprint density at radius 2 is 2.04 bits per heavy atom. The predicted octanol–water partition coefficient (Wildman–Crippen LogP) is -1.84. The van der Waals surface area contributed by atoms with Gasteiger partial charge >= 0.3 is 143 Å². The van der Waals surface area contributed by atoms with Crippen molar-refractivity contribution >= 4 is 24.6 Å². The molecule has 1 N–H and O–H groups in total. The summed E-state index contributed by atoms with van der Waals surface area (Å²) in [6.45, 7) is 4.77. The number of aliphatic hydroxyl groups is 1. The van der Waals surface area contributed by atoms with E-state index in [1.165, 1.54) is 64.6 Å². The third-order valence-electron chi connectivity index (χ3n) is 5.34. The van der Waals surface area contributed by atoms with Crippen molar-refractivity contribution in [2.24, 2.45) is 0 Å². The van der Waals surface area contributed by atoms with E-state index in [9.17, 15) is 5.11 Å². The van der Waals surface area contributed by atoms with Crippen LogP contribution in [0.15, 0.2) is 35.6 Å². The van der Waals surface area contributed by atoms with Crippen molar-refractivity contribution in [3.63, 3.8) is 0 Å². The standard InChI is InChI=1S/C18H19OSi.2ClH.Zr/c1-3-10-20(2)15-11-13-8-9-14(12-6-4-5-7-12)18(20)16(13)17(15)19;;;/h4-6,8-9,11,19H,3,7,10H2,1-2H3;2*1H;/q;;;+2/p-2. The Hall–Kier alpha value is -0.0800. The molecule has 0 amide bonds. The van der Waals surface area contributed by atoms with Crippen molar-refractivity contribution in [1.29, 1.82) is 0 Å². The van der Waals surface area contributed by atoms with Crippen molar-refractivity contribution in [2.75, 3.05) is 0 Å². The van der Waals surface area contributed by atoms with E-state index >= 15 is 0 Å². The number of halogens is 2. The number of hydrogen-bond acceptors (Lipinski definition) is 1. The van der Waals surface area contributed by atoms with Gasteiger partial charge in [0, 0.05) is 0 Å². The fraction of sp³-hybridized carbons (Fsp3) is 0.333. The molecule has 0 saturated carbocycles. The van der Waals surface area contributed by atoms with Gasteiger partial charge in [0.15, 0.2) is 0 Å². The van der Waals surface area contributed by atoms with Crippen LogP contribution in [0.1, 0.15) is 40.1 Å². The fourth-order valence-corrected chi connectivity index (χ4v) is 12.7. The van der Waals surface area contributed by atoms with Crippen molar-refractivity contribution in [2.45, 2.75) is 36.0 Å². The van der Waals surface area contributed by atoms with Crippen LogP contribution in [-0.2, 0) is 24.7 Å². The molecule has 0 fully saturated rings.